The molecule has 4 nitrogen and oxygen atoms in total. The van der Waals surface area contributed by atoms with Gasteiger partial charge in [-0.15, -0.1) is 0 Å². The summed E-state index contributed by atoms with van der Waals surface area (Å²) in [6.45, 7) is 0.650. The summed E-state index contributed by atoms with van der Waals surface area (Å²) < 4.78 is 1.82. The summed E-state index contributed by atoms with van der Waals surface area (Å²) in [7, 11) is 5.79. The Hall–Kier alpha value is -2.12. The molecule has 0 bridgehead atoms. The SMILES string of the molecule is CN(C)c1c(Cl)cccc1NCc1cc(C#N)n(C)c1. The summed E-state index contributed by atoms with van der Waals surface area (Å²) in [6, 6.07) is 9.83. The number of nitrogens with zero attached hydrogens (tertiary/aromatic N) is 3. The topological polar surface area (TPSA) is 44.0 Å². The van der Waals surface area contributed by atoms with Crippen molar-refractivity contribution in [2.45, 2.75) is 6.54 Å². The highest BCUT2D eigenvalue weighted by atomic mass is 35.5. The van der Waals surface area contributed by atoms with Gasteiger partial charge < -0.3 is 14.8 Å². The molecule has 20 heavy (non-hydrogen) atoms. The zero-order valence-electron chi connectivity index (χ0n) is 11.8. The van der Waals surface area contributed by atoms with E-state index < -0.39 is 0 Å². The van der Waals surface area contributed by atoms with Gasteiger partial charge in [-0.1, -0.05) is 17.7 Å². The lowest BCUT2D eigenvalue weighted by molar-refractivity contribution is 0.902. The molecule has 0 unspecified atom stereocenters. The lowest BCUT2D eigenvalue weighted by Gasteiger charge is -2.19. The summed E-state index contributed by atoms with van der Waals surface area (Å²) in [5.41, 5.74) is 3.66. The van der Waals surface area contributed by atoms with Gasteiger partial charge in [0.05, 0.1) is 16.4 Å². The zero-order chi connectivity index (χ0) is 14.7. The van der Waals surface area contributed by atoms with Crippen molar-refractivity contribution in [3.05, 3.63) is 46.7 Å². The first-order chi connectivity index (χ1) is 9.52. The van der Waals surface area contributed by atoms with Crippen molar-refractivity contribution in [2.75, 3.05) is 24.3 Å². The molecule has 5 heteroatoms. The quantitative estimate of drug-likeness (QED) is 0.939. The molecule has 2 aromatic rings. The van der Waals surface area contributed by atoms with E-state index in [0.717, 1.165) is 16.9 Å². The minimum atomic E-state index is 0.650. The first kappa shape index (κ1) is 14.3. The summed E-state index contributed by atoms with van der Waals surface area (Å²) in [6.07, 6.45) is 1.95. The molecule has 1 heterocycles. The van der Waals surface area contributed by atoms with Crippen LogP contribution in [0.5, 0.6) is 0 Å². The molecule has 0 aliphatic carbocycles. The smallest absolute Gasteiger partial charge is 0.120 e. The van der Waals surface area contributed by atoms with Crippen LogP contribution in [0.25, 0.3) is 0 Å². The number of para-hydroxylation sites is 1. The predicted molar refractivity (Wildman–Crippen MR) is 83.2 cm³/mol. The van der Waals surface area contributed by atoms with E-state index in [-0.39, 0.29) is 0 Å². The van der Waals surface area contributed by atoms with Gasteiger partial charge in [-0.25, -0.2) is 0 Å². The fourth-order valence-electron chi connectivity index (χ4n) is 2.15. The molecule has 0 saturated carbocycles. The van der Waals surface area contributed by atoms with Gasteiger partial charge in [0.1, 0.15) is 11.8 Å². The zero-order valence-corrected chi connectivity index (χ0v) is 12.6. The van der Waals surface area contributed by atoms with Crippen LogP contribution in [-0.2, 0) is 13.6 Å². The van der Waals surface area contributed by atoms with Gasteiger partial charge in [-0.2, -0.15) is 5.26 Å². The molecule has 0 saturated heterocycles. The van der Waals surface area contributed by atoms with Crippen LogP contribution in [0.3, 0.4) is 0 Å². The molecule has 0 aliphatic rings. The molecule has 104 valence electrons. The van der Waals surface area contributed by atoms with Crippen LogP contribution in [0, 0.1) is 11.3 Å². The van der Waals surface area contributed by atoms with Crippen molar-refractivity contribution in [3.8, 4) is 6.07 Å². The average Bonchev–Trinajstić information content (AvgIpc) is 2.76. The number of aryl methyl sites for hydroxylation is 1. The number of anilines is 2. The number of nitrogens with one attached hydrogen (secondary N) is 1. The van der Waals surface area contributed by atoms with E-state index in [2.05, 4.69) is 11.4 Å². The fraction of sp³-hybridized carbons (Fsp3) is 0.267. The minimum Gasteiger partial charge on any atom is -0.379 e. The first-order valence-electron chi connectivity index (χ1n) is 6.28. The van der Waals surface area contributed by atoms with E-state index in [9.17, 15) is 0 Å². The first-order valence-corrected chi connectivity index (χ1v) is 6.65. The highest BCUT2D eigenvalue weighted by molar-refractivity contribution is 6.34. The molecule has 0 aliphatic heterocycles. The summed E-state index contributed by atoms with van der Waals surface area (Å²) >= 11 is 6.23. The second-order valence-corrected chi connectivity index (χ2v) is 5.25. The third kappa shape index (κ3) is 2.89. The van der Waals surface area contributed by atoms with E-state index in [1.807, 2.05) is 61.1 Å². The molecule has 1 aromatic heterocycles. The standard InChI is InChI=1S/C15H17ClN4/c1-19(2)15-13(16)5-4-6-14(15)18-9-11-7-12(8-17)20(3)10-11/h4-7,10,18H,9H2,1-3H3. The lowest BCUT2D eigenvalue weighted by Crippen LogP contribution is -2.12. The van der Waals surface area contributed by atoms with Gasteiger partial charge in [0.15, 0.2) is 0 Å². The Morgan fingerprint density at radius 2 is 2.15 bits per heavy atom. The molecule has 0 radical (unpaired) electrons. The maximum absolute atomic E-state index is 8.95. The lowest BCUT2D eigenvalue weighted by atomic mass is 10.2. The molecular weight excluding hydrogens is 272 g/mol. The highest BCUT2D eigenvalue weighted by Crippen LogP contribution is 2.32. The van der Waals surface area contributed by atoms with E-state index in [4.69, 9.17) is 16.9 Å². The normalized spacial score (nSPS) is 10.2. The largest absolute Gasteiger partial charge is 0.379 e. The molecule has 0 spiro atoms. The van der Waals surface area contributed by atoms with E-state index in [1.54, 1.807) is 0 Å². The number of halogens is 1. The van der Waals surface area contributed by atoms with E-state index in [1.165, 1.54) is 0 Å². The molecule has 1 aromatic carbocycles. The van der Waals surface area contributed by atoms with Crippen molar-refractivity contribution < 1.29 is 0 Å². The average molecular weight is 289 g/mol. The molecule has 0 atom stereocenters. The van der Waals surface area contributed by atoms with Crippen molar-refractivity contribution in [2.24, 2.45) is 7.05 Å². The van der Waals surface area contributed by atoms with Crippen molar-refractivity contribution in [1.82, 2.24) is 4.57 Å². The highest BCUT2D eigenvalue weighted by Gasteiger charge is 2.09. The van der Waals surface area contributed by atoms with Crippen LogP contribution in [0.2, 0.25) is 5.02 Å². The monoisotopic (exact) mass is 288 g/mol. The summed E-state index contributed by atoms with van der Waals surface area (Å²) in [5.74, 6) is 0. The Morgan fingerprint density at radius 3 is 2.75 bits per heavy atom. The predicted octanol–water partition coefficient (Wildman–Crippen LogP) is 3.23. The van der Waals surface area contributed by atoms with E-state index >= 15 is 0 Å². The van der Waals surface area contributed by atoms with Gasteiger partial charge >= 0.3 is 0 Å². The van der Waals surface area contributed by atoms with Crippen molar-refractivity contribution >= 4 is 23.0 Å². The van der Waals surface area contributed by atoms with Gasteiger partial charge in [-0.3, -0.25) is 0 Å². The van der Waals surface area contributed by atoms with Crippen LogP contribution in [-0.4, -0.2) is 18.7 Å². The Morgan fingerprint density at radius 1 is 1.40 bits per heavy atom. The minimum absolute atomic E-state index is 0.650. The third-order valence-corrected chi connectivity index (χ3v) is 3.40. The fourth-order valence-corrected chi connectivity index (χ4v) is 2.49. The number of aromatic nitrogens is 1. The Balaban J connectivity index is 2.19. The van der Waals surface area contributed by atoms with Crippen LogP contribution in [0.1, 0.15) is 11.3 Å². The van der Waals surface area contributed by atoms with Gasteiger partial charge in [0.25, 0.3) is 0 Å². The van der Waals surface area contributed by atoms with Crippen molar-refractivity contribution in [3.63, 3.8) is 0 Å². The maximum atomic E-state index is 8.95. The number of nitriles is 1. The Bertz CT molecular complexity index is 652. The number of benzene rings is 1. The van der Waals surface area contributed by atoms with Gasteiger partial charge in [0.2, 0.25) is 0 Å². The number of hydrogen-bond acceptors (Lipinski definition) is 3. The molecular formula is C15H17ClN4. The van der Waals surface area contributed by atoms with Crippen molar-refractivity contribution in [1.29, 1.82) is 5.26 Å². The van der Waals surface area contributed by atoms with E-state index in [0.29, 0.717) is 17.3 Å². The number of rotatable bonds is 4. The molecule has 0 fully saturated rings. The Kier molecular flexibility index (Phi) is 4.21. The van der Waals surface area contributed by atoms with Gasteiger partial charge in [0, 0.05) is 33.9 Å². The summed E-state index contributed by atoms with van der Waals surface area (Å²) in [4.78, 5) is 1.98. The van der Waals surface area contributed by atoms with Crippen LogP contribution >= 0.6 is 11.6 Å². The molecule has 2 rings (SSSR count). The third-order valence-electron chi connectivity index (χ3n) is 3.09. The maximum Gasteiger partial charge on any atom is 0.120 e. The van der Waals surface area contributed by atoms with Crippen LogP contribution in [0.4, 0.5) is 11.4 Å². The second kappa shape index (κ2) is 5.89. The summed E-state index contributed by atoms with van der Waals surface area (Å²) in [5, 5.41) is 13.0. The van der Waals surface area contributed by atoms with Crippen LogP contribution < -0.4 is 10.2 Å². The number of hydrogen-bond donors (Lipinski definition) is 1. The molecule has 0 amide bonds. The Labute approximate surface area is 124 Å². The molecule has 1 N–H and O–H groups in total. The van der Waals surface area contributed by atoms with Gasteiger partial charge in [-0.05, 0) is 23.8 Å². The van der Waals surface area contributed by atoms with Crippen LogP contribution in [0.15, 0.2) is 30.5 Å². The second-order valence-electron chi connectivity index (χ2n) is 4.84.